The minimum atomic E-state index is -0.0776. The van der Waals surface area contributed by atoms with Gasteiger partial charge in [-0.2, -0.15) is 0 Å². The highest BCUT2D eigenvalue weighted by molar-refractivity contribution is 7.22. The first kappa shape index (κ1) is 19.4. The fourth-order valence-corrected chi connectivity index (χ4v) is 4.68. The number of benzene rings is 3. The number of aromatic nitrogens is 2. The number of aryl methyl sites for hydroxylation is 1. The zero-order chi connectivity index (χ0) is 21.2. The molecule has 0 radical (unpaired) electrons. The van der Waals surface area contributed by atoms with E-state index in [0.717, 1.165) is 33.1 Å². The third-order valence-electron chi connectivity index (χ3n) is 5.37. The molecular weight excluding hydrogens is 402 g/mol. The predicted octanol–water partition coefficient (Wildman–Crippen LogP) is 6.25. The fourth-order valence-electron chi connectivity index (χ4n) is 3.65. The van der Waals surface area contributed by atoms with Crippen molar-refractivity contribution in [1.82, 2.24) is 9.97 Å². The van der Waals surface area contributed by atoms with Gasteiger partial charge in [-0.25, -0.2) is 4.98 Å². The van der Waals surface area contributed by atoms with Crippen molar-refractivity contribution in [3.05, 3.63) is 102 Å². The van der Waals surface area contributed by atoms with Crippen molar-refractivity contribution in [1.29, 1.82) is 0 Å². The first-order chi connectivity index (χ1) is 15.2. The second-order valence-corrected chi connectivity index (χ2v) is 8.44. The molecule has 0 aliphatic rings. The molecule has 1 amide bonds. The Morgan fingerprint density at radius 2 is 1.77 bits per heavy atom. The van der Waals surface area contributed by atoms with Crippen LogP contribution in [-0.4, -0.2) is 15.9 Å². The highest BCUT2D eigenvalue weighted by atomic mass is 32.1. The molecule has 0 atom stereocenters. The largest absolute Gasteiger partial charge is 0.278 e. The Bertz CT molecular complexity index is 1380. The molecule has 5 heteroatoms. The summed E-state index contributed by atoms with van der Waals surface area (Å²) in [7, 11) is 0. The number of amides is 1. The van der Waals surface area contributed by atoms with Crippen LogP contribution in [0.2, 0.25) is 0 Å². The lowest BCUT2D eigenvalue weighted by molar-refractivity contribution is 0.0985. The Balaban J connectivity index is 1.58. The average molecular weight is 424 g/mol. The molecular formula is C26H21N3OS. The molecule has 31 heavy (non-hydrogen) atoms. The summed E-state index contributed by atoms with van der Waals surface area (Å²) in [5.41, 5.74) is 3.64. The molecule has 0 bridgehead atoms. The number of fused-ring (bicyclic) bond motifs is 2. The molecule has 0 spiro atoms. The van der Waals surface area contributed by atoms with Gasteiger partial charge in [0.15, 0.2) is 5.13 Å². The maximum Gasteiger partial charge on any atom is 0.260 e. The van der Waals surface area contributed by atoms with Gasteiger partial charge in [0.2, 0.25) is 0 Å². The van der Waals surface area contributed by atoms with Crippen LogP contribution in [0.4, 0.5) is 5.13 Å². The van der Waals surface area contributed by atoms with E-state index in [9.17, 15) is 4.79 Å². The van der Waals surface area contributed by atoms with Crippen molar-refractivity contribution in [3.8, 4) is 0 Å². The summed E-state index contributed by atoms with van der Waals surface area (Å²) < 4.78 is 1.09. The minimum Gasteiger partial charge on any atom is -0.278 e. The Labute approximate surface area is 184 Å². The molecule has 0 saturated carbocycles. The summed E-state index contributed by atoms with van der Waals surface area (Å²) in [6.45, 7) is 2.51. The zero-order valence-electron chi connectivity index (χ0n) is 17.2. The Morgan fingerprint density at radius 1 is 0.935 bits per heavy atom. The maximum atomic E-state index is 13.7. The van der Waals surface area contributed by atoms with Gasteiger partial charge in [-0.1, -0.05) is 60.7 Å². The molecule has 0 saturated heterocycles. The monoisotopic (exact) mass is 423 g/mol. The van der Waals surface area contributed by atoms with Crippen molar-refractivity contribution in [2.24, 2.45) is 0 Å². The lowest BCUT2D eigenvalue weighted by Crippen LogP contribution is -2.30. The van der Waals surface area contributed by atoms with E-state index in [-0.39, 0.29) is 5.91 Å². The number of anilines is 1. The number of rotatable bonds is 5. The summed E-state index contributed by atoms with van der Waals surface area (Å²) >= 11 is 1.55. The minimum absolute atomic E-state index is 0.0776. The second kappa shape index (κ2) is 8.28. The number of carbonyl (C=O) groups is 1. The van der Waals surface area contributed by atoms with E-state index in [1.807, 2.05) is 66.7 Å². The van der Waals surface area contributed by atoms with Crippen LogP contribution >= 0.6 is 11.3 Å². The fraction of sp³-hybridized carbons (Fsp3) is 0.115. The average Bonchev–Trinajstić information content (AvgIpc) is 3.25. The van der Waals surface area contributed by atoms with Crippen LogP contribution in [-0.2, 0) is 13.0 Å². The molecule has 2 heterocycles. The molecule has 0 unspecified atom stereocenters. The third kappa shape index (κ3) is 3.92. The van der Waals surface area contributed by atoms with E-state index in [1.165, 1.54) is 5.56 Å². The number of pyridine rings is 1. The quantitative estimate of drug-likeness (QED) is 0.335. The smallest absolute Gasteiger partial charge is 0.260 e. The van der Waals surface area contributed by atoms with Gasteiger partial charge in [-0.05, 0) is 59.2 Å². The van der Waals surface area contributed by atoms with E-state index in [4.69, 9.17) is 4.98 Å². The van der Waals surface area contributed by atoms with E-state index >= 15 is 0 Å². The Kier molecular flexibility index (Phi) is 5.18. The van der Waals surface area contributed by atoms with Gasteiger partial charge in [-0.15, -0.1) is 0 Å². The number of hydrogen-bond donors (Lipinski definition) is 0. The lowest BCUT2D eigenvalue weighted by atomic mass is 10.1. The molecule has 4 nitrogen and oxygen atoms in total. The summed E-state index contributed by atoms with van der Waals surface area (Å²) in [5, 5.41) is 2.84. The van der Waals surface area contributed by atoms with Crippen LogP contribution in [0.25, 0.3) is 21.0 Å². The van der Waals surface area contributed by atoms with E-state index < -0.39 is 0 Å². The predicted molar refractivity (Wildman–Crippen MR) is 128 cm³/mol. The Hall–Kier alpha value is -3.57. The van der Waals surface area contributed by atoms with Gasteiger partial charge in [-0.3, -0.25) is 14.7 Å². The molecule has 152 valence electrons. The highest BCUT2D eigenvalue weighted by Gasteiger charge is 2.22. The van der Waals surface area contributed by atoms with Crippen LogP contribution in [0, 0.1) is 0 Å². The van der Waals surface area contributed by atoms with Crippen molar-refractivity contribution < 1.29 is 4.79 Å². The van der Waals surface area contributed by atoms with Crippen molar-refractivity contribution in [3.63, 3.8) is 0 Å². The van der Waals surface area contributed by atoms with Gasteiger partial charge < -0.3 is 0 Å². The van der Waals surface area contributed by atoms with Crippen molar-refractivity contribution in [2.75, 3.05) is 4.90 Å². The Morgan fingerprint density at radius 3 is 2.58 bits per heavy atom. The lowest BCUT2D eigenvalue weighted by Gasteiger charge is -2.20. The van der Waals surface area contributed by atoms with Gasteiger partial charge in [0, 0.05) is 11.8 Å². The number of nitrogens with zero attached hydrogens (tertiary/aromatic N) is 3. The normalized spacial score (nSPS) is 11.1. The van der Waals surface area contributed by atoms with E-state index in [0.29, 0.717) is 17.2 Å². The first-order valence-electron chi connectivity index (χ1n) is 10.3. The highest BCUT2D eigenvalue weighted by Crippen LogP contribution is 2.32. The molecule has 0 aliphatic heterocycles. The van der Waals surface area contributed by atoms with Gasteiger partial charge in [0.05, 0.1) is 22.5 Å². The second-order valence-electron chi connectivity index (χ2n) is 7.43. The molecule has 0 fully saturated rings. The molecule has 0 N–H and O–H groups in total. The van der Waals surface area contributed by atoms with Crippen molar-refractivity contribution >= 4 is 43.4 Å². The van der Waals surface area contributed by atoms with Crippen LogP contribution in [0.1, 0.15) is 28.5 Å². The van der Waals surface area contributed by atoms with E-state index in [2.05, 4.69) is 24.0 Å². The van der Waals surface area contributed by atoms with Crippen LogP contribution in [0.3, 0.4) is 0 Å². The molecule has 3 aromatic carbocycles. The zero-order valence-corrected chi connectivity index (χ0v) is 18.0. The number of hydrogen-bond acceptors (Lipinski definition) is 4. The number of thiazole rings is 1. The summed E-state index contributed by atoms with van der Waals surface area (Å²) in [6, 6.07) is 25.9. The topological polar surface area (TPSA) is 46.1 Å². The summed E-state index contributed by atoms with van der Waals surface area (Å²) in [4.78, 5) is 24.6. The van der Waals surface area contributed by atoms with Crippen LogP contribution in [0.5, 0.6) is 0 Å². The summed E-state index contributed by atoms with van der Waals surface area (Å²) in [6.07, 6.45) is 2.72. The first-order valence-corrected chi connectivity index (χ1v) is 11.1. The van der Waals surface area contributed by atoms with Crippen molar-refractivity contribution in [2.45, 2.75) is 19.9 Å². The van der Waals surface area contributed by atoms with Gasteiger partial charge in [0.1, 0.15) is 0 Å². The van der Waals surface area contributed by atoms with Gasteiger partial charge in [0.25, 0.3) is 5.91 Å². The maximum absolute atomic E-state index is 13.7. The van der Waals surface area contributed by atoms with Gasteiger partial charge >= 0.3 is 0 Å². The van der Waals surface area contributed by atoms with Crippen LogP contribution in [0.15, 0.2) is 85.1 Å². The molecule has 5 aromatic rings. The van der Waals surface area contributed by atoms with Crippen LogP contribution < -0.4 is 4.90 Å². The number of carbonyl (C=O) groups excluding carboxylic acids is 1. The molecule has 0 aliphatic carbocycles. The summed E-state index contributed by atoms with van der Waals surface area (Å²) in [5.74, 6) is -0.0776. The SMILES string of the molecule is CCc1ccc2nc(N(Cc3ccccn3)C(=O)c3ccc4ccccc4c3)sc2c1. The molecule has 2 aromatic heterocycles. The standard InChI is InChI=1S/C26H21N3OS/c1-2-18-10-13-23-24(15-18)31-26(28-23)29(17-22-9-5-6-14-27-22)25(30)21-12-11-19-7-3-4-8-20(19)16-21/h3-16H,2,17H2,1H3. The third-order valence-corrected chi connectivity index (χ3v) is 6.41. The molecule has 5 rings (SSSR count). The van der Waals surface area contributed by atoms with E-state index in [1.54, 1.807) is 22.4 Å².